The van der Waals surface area contributed by atoms with Crippen LogP contribution in [0, 0.1) is 12.7 Å². The molecule has 0 radical (unpaired) electrons. The van der Waals surface area contributed by atoms with E-state index in [1.54, 1.807) is 0 Å². The van der Waals surface area contributed by atoms with Crippen LogP contribution in [0.5, 0.6) is 0 Å². The fraction of sp³-hybridized carbons (Fsp3) is 0.158. The number of ketones is 1. The highest BCUT2D eigenvalue weighted by Crippen LogP contribution is 2.20. The Morgan fingerprint density at radius 3 is 2.54 bits per heavy atom. The van der Waals surface area contributed by atoms with E-state index in [1.807, 2.05) is 25.1 Å². The minimum absolute atomic E-state index is 0.0429. The van der Waals surface area contributed by atoms with E-state index in [2.05, 4.69) is 22.1 Å². The van der Waals surface area contributed by atoms with Gasteiger partial charge in [0.25, 0.3) is 0 Å². The predicted octanol–water partition coefficient (Wildman–Crippen LogP) is 4.42. The molecular weight excluding hydrogens is 323 g/mol. The number of Topliss-reactive ketones (excluding diaryl/α,β-unsaturated/α-hetero) is 1. The van der Waals surface area contributed by atoms with Crippen molar-refractivity contribution >= 4 is 17.5 Å². The van der Waals surface area contributed by atoms with Gasteiger partial charge < -0.3 is 4.98 Å². The normalized spacial score (nSPS) is 10.8. The summed E-state index contributed by atoms with van der Waals surface area (Å²) in [6, 6.07) is 15.8. The molecule has 5 heteroatoms. The molecule has 24 heavy (non-hydrogen) atoms. The number of aromatic amines is 1. The maximum absolute atomic E-state index is 12.9. The molecule has 122 valence electrons. The molecule has 1 heterocycles. The van der Waals surface area contributed by atoms with Crippen molar-refractivity contribution in [3.8, 4) is 0 Å². The molecule has 3 rings (SSSR count). The molecule has 0 amide bonds. The molecule has 0 spiro atoms. The summed E-state index contributed by atoms with van der Waals surface area (Å²) in [4.78, 5) is 19.9. The molecule has 0 saturated carbocycles. The topological polar surface area (TPSA) is 45.8 Å². The van der Waals surface area contributed by atoms with Gasteiger partial charge in [-0.25, -0.2) is 9.37 Å². The Hall–Kier alpha value is -2.40. The van der Waals surface area contributed by atoms with Gasteiger partial charge in [0, 0.05) is 17.7 Å². The van der Waals surface area contributed by atoms with Crippen LogP contribution >= 0.6 is 11.8 Å². The van der Waals surface area contributed by atoms with Crippen molar-refractivity contribution < 1.29 is 9.18 Å². The highest BCUT2D eigenvalue weighted by atomic mass is 32.2. The van der Waals surface area contributed by atoms with Gasteiger partial charge in [-0.3, -0.25) is 4.79 Å². The lowest BCUT2D eigenvalue weighted by molar-refractivity contribution is 0.102. The average Bonchev–Trinajstić information content (AvgIpc) is 2.94. The van der Waals surface area contributed by atoms with E-state index >= 15 is 0 Å². The molecule has 0 unspecified atom stereocenters. The van der Waals surface area contributed by atoms with Gasteiger partial charge in [-0.15, -0.1) is 0 Å². The van der Waals surface area contributed by atoms with Crippen LogP contribution < -0.4 is 0 Å². The second-order valence-electron chi connectivity index (χ2n) is 5.49. The lowest BCUT2D eigenvalue weighted by atomic mass is 10.1. The van der Waals surface area contributed by atoms with E-state index in [-0.39, 0.29) is 17.4 Å². The van der Waals surface area contributed by atoms with Crippen LogP contribution in [0.25, 0.3) is 0 Å². The summed E-state index contributed by atoms with van der Waals surface area (Å²) >= 11 is 1.36. The minimum Gasteiger partial charge on any atom is -0.337 e. The Bertz CT molecular complexity index is 828. The fourth-order valence-electron chi connectivity index (χ4n) is 2.35. The monoisotopic (exact) mass is 340 g/mol. The van der Waals surface area contributed by atoms with Crippen LogP contribution in [0.4, 0.5) is 4.39 Å². The molecule has 0 aliphatic carbocycles. The van der Waals surface area contributed by atoms with Gasteiger partial charge in [0.2, 0.25) is 0 Å². The van der Waals surface area contributed by atoms with E-state index in [1.165, 1.54) is 41.6 Å². The largest absolute Gasteiger partial charge is 0.337 e. The zero-order valence-electron chi connectivity index (χ0n) is 13.3. The third-order valence-corrected chi connectivity index (χ3v) is 4.56. The number of aryl methyl sites for hydroxylation is 1. The highest BCUT2D eigenvalue weighted by Gasteiger charge is 2.11. The second kappa shape index (κ2) is 7.45. The number of rotatable bonds is 6. The van der Waals surface area contributed by atoms with Gasteiger partial charge in [-0.1, -0.05) is 42.1 Å². The summed E-state index contributed by atoms with van der Waals surface area (Å²) in [5, 5.41) is 0.730. The zero-order valence-corrected chi connectivity index (χ0v) is 14.1. The summed E-state index contributed by atoms with van der Waals surface area (Å²) < 4.78 is 12.9. The van der Waals surface area contributed by atoms with Crippen LogP contribution in [-0.4, -0.2) is 21.5 Å². The molecular formula is C19H17FN2OS. The fourth-order valence-corrected chi connectivity index (χ4v) is 3.18. The van der Waals surface area contributed by atoms with Crippen LogP contribution in [0.3, 0.4) is 0 Å². The van der Waals surface area contributed by atoms with Crippen LogP contribution in [0.2, 0.25) is 0 Å². The Balaban J connectivity index is 1.63. The number of H-pyrrole nitrogens is 1. The van der Waals surface area contributed by atoms with Gasteiger partial charge in [0.05, 0.1) is 11.4 Å². The number of nitrogens with zero attached hydrogens (tertiary/aromatic N) is 1. The summed E-state index contributed by atoms with van der Waals surface area (Å²) in [7, 11) is 0. The van der Waals surface area contributed by atoms with Crippen molar-refractivity contribution in [2.75, 3.05) is 5.75 Å². The number of halogens is 1. The zero-order chi connectivity index (χ0) is 16.9. The standard InChI is InChI=1S/C19H17FN2OS/c1-13-17(11-14-5-3-2-4-6-14)22-19(21-13)24-12-18(23)15-7-9-16(20)10-8-15/h2-10H,11-12H2,1H3,(H,21,22). The Kier molecular flexibility index (Phi) is 5.11. The Morgan fingerprint density at radius 1 is 1.12 bits per heavy atom. The lowest BCUT2D eigenvalue weighted by Crippen LogP contribution is -2.02. The van der Waals surface area contributed by atoms with Crippen molar-refractivity contribution in [2.24, 2.45) is 0 Å². The SMILES string of the molecule is Cc1[nH]c(SCC(=O)c2ccc(F)cc2)nc1Cc1ccccc1. The molecule has 0 bridgehead atoms. The first-order valence-electron chi connectivity index (χ1n) is 7.63. The van der Waals surface area contributed by atoms with Crippen LogP contribution in [-0.2, 0) is 6.42 Å². The molecule has 0 saturated heterocycles. The molecule has 3 nitrogen and oxygen atoms in total. The van der Waals surface area contributed by atoms with E-state index in [9.17, 15) is 9.18 Å². The highest BCUT2D eigenvalue weighted by molar-refractivity contribution is 7.99. The number of carbonyl (C=O) groups is 1. The first-order valence-corrected chi connectivity index (χ1v) is 8.61. The summed E-state index contributed by atoms with van der Waals surface area (Å²) in [6.45, 7) is 1.98. The van der Waals surface area contributed by atoms with Crippen molar-refractivity contribution in [3.05, 3.63) is 82.9 Å². The molecule has 0 aliphatic rings. The number of carbonyl (C=O) groups excluding carboxylic acids is 1. The number of nitrogens with one attached hydrogen (secondary N) is 1. The molecule has 1 aromatic heterocycles. The number of thioether (sulfide) groups is 1. The summed E-state index contributed by atoms with van der Waals surface area (Å²) in [5.41, 5.74) is 3.70. The summed E-state index contributed by atoms with van der Waals surface area (Å²) in [5.74, 6) is -0.117. The quantitative estimate of drug-likeness (QED) is 0.533. The molecule has 0 aliphatic heterocycles. The Morgan fingerprint density at radius 2 is 1.83 bits per heavy atom. The van der Waals surface area contributed by atoms with Crippen molar-refractivity contribution in [2.45, 2.75) is 18.5 Å². The number of imidazole rings is 1. The van der Waals surface area contributed by atoms with E-state index in [0.717, 1.165) is 23.0 Å². The first kappa shape index (κ1) is 16.5. The maximum atomic E-state index is 12.9. The first-order chi connectivity index (χ1) is 11.6. The average molecular weight is 340 g/mol. The van der Waals surface area contributed by atoms with Gasteiger partial charge in [0.15, 0.2) is 10.9 Å². The van der Waals surface area contributed by atoms with Gasteiger partial charge in [0.1, 0.15) is 5.82 Å². The maximum Gasteiger partial charge on any atom is 0.173 e. The van der Waals surface area contributed by atoms with Crippen molar-refractivity contribution in [3.63, 3.8) is 0 Å². The number of hydrogen-bond donors (Lipinski definition) is 1. The van der Waals surface area contributed by atoms with Crippen molar-refractivity contribution in [1.82, 2.24) is 9.97 Å². The van der Waals surface area contributed by atoms with Crippen molar-refractivity contribution in [1.29, 1.82) is 0 Å². The Labute approximate surface area is 144 Å². The van der Waals surface area contributed by atoms with E-state index in [0.29, 0.717) is 5.56 Å². The predicted molar refractivity (Wildman–Crippen MR) is 94.0 cm³/mol. The van der Waals surface area contributed by atoms with Crippen LogP contribution in [0.1, 0.15) is 27.3 Å². The minimum atomic E-state index is -0.341. The third-order valence-electron chi connectivity index (χ3n) is 3.68. The second-order valence-corrected chi connectivity index (χ2v) is 6.46. The lowest BCUT2D eigenvalue weighted by Gasteiger charge is -1.99. The molecule has 2 aromatic carbocycles. The number of aromatic nitrogens is 2. The van der Waals surface area contributed by atoms with E-state index < -0.39 is 0 Å². The smallest absolute Gasteiger partial charge is 0.173 e. The molecule has 3 aromatic rings. The number of hydrogen-bond acceptors (Lipinski definition) is 3. The van der Waals surface area contributed by atoms with Gasteiger partial charge >= 0.3 is 0 Å². The number of benzene rings is 2. The third kappa shape index (κ3) is 4.11. The summed E-state index contributed by atoms with van der Waals surface area (Å²) in [6.07, 6.45) is 0.760. The van der Waals surface area contributed by atoms with E-state index in [4.69, 9.17) is 0 Å². The van der Waals surface area contributed by atoms with Crippen LogP contribution in [0.15, 0.2) is 59.8 Å². The molecule has 0 atom stereocenters. The van der Waals surface area contributed by atoms with Gasteiger partial charge in [-0.2, -0.15) is 0 Å². The van der Waals surface area contributed by atoms with Gasteiger partial charge in [-0.05, 0) is 36.8 Å². The molecule has 1 N–H and O–H groups in total. The molecule has 0 fully saturated rings.